The van der Waals surface area contributed by atoms with Crippen molar-refractivity contribution < 1.29 is 24.2 Å². The van der Waals surface area contributed by atoms with Crippen LogP contribution in [0.4, 0.5) is 0 Å². The number of benzene rings is 2. The Balaban J connectivity index is 0.00000588. The van der Waals surface area contributed by atoms with E-state index in [0.29, 0.717) is 25.9 Å². The highest BCUT2D eigenvalue weighted by atomic mass is 35.5. The molecule has 1 aliphatic rings. The third kappa shape index (κ3) is 9.95. The van der Waals surface area contributed by atoms with Gasteiger partial charge >= 0.3 is 0 Å². The molecule has 3 amide bonds. The van der Waals surface area contributed by atoms with Crippen molar-refractivity contribution in [2.45, 2.75) is 77.7 Å². The van der Waals surface area contributed by atoms with Crippen LogP contribution in [0.2, 0.25) is 0 Å². The number of halogens is 1. The summed E-state index contributed by atoms with van der Waals surface area (Å²) in [5, 5.41) is 21.5. The van der Waals surface area contributed by atoms with E-state index in [0.717, 1.165) is 22.9 Å². The number of carbonyl (C=O) groups excluding carboxylic acids is 3. The van der Waals surface area contributed by atoms with E-state index in [1.807, 2.05) is 42.5 Å². The Bertz CT molecular complexity index is 1180. The number of fused-ring (bicyclic) bond motifs is 1. The highest BCUT2D eigenvalue weighted by molar-refractivity contribution is 5.94. The van der Waals surface area contributed by atoms with Crippen molar-refractivity contribution in [2.75, 3.05) is 33.3 Å². The zero-order valence-electron chi connectivity index (χ0n) is 25.2. The SMILES string of the molecule is COC(C)(C)C(=O)N1CCCC1C(=O)N[C@H](Cc1ccc2ccccc2c1)C(=O)NCC(O)CNCC(C)(C)C.Cl. The van der Waals surface area contributed by atoms with Gasteiger partial charge in [0.1, 0.15) is 17.7 Å². The van der Waals surface area contributed by atoms with Gasteiger partial charge in [0, 0.05) is 39.7 Å². The number of nitrogens with zero attached hydrogens (tertiary/aromatic N) is 1. The maximum atomic E-state index is 13.5. The standard InChI is InChI=1S/C31H46N4O5.ClH/c1-30(2,3)20-32-18-24(36)19-33-27(37)25(17-21-13-14-22-10-7-8-11-23(22)16-21)34-28(38)26-12-9-15-35(26)29(39)31(4,5)40-6;/h7-8,10-11,13-14,16,24-26,32,36H,9,12,15,17-20H2,1-6H3,(H,33,37)(H,34,38);1H/t24?,25-,26?;/m1./s1. The molecule has 0 bridgehead atoms. The minimum absolute atomic E-state index is 0. The smallest absolute Gasteiger partial charge is 0.254 e. The molecule has 0 spiro atoms. The predicted octanol–water partition coefficient (Wildman–Crippen LogP) is 2.82. The average Bonchev–Trinajstić information content (AvgIpc) is 3.40. The summed E-state index contributed by atoms with van der Waals surface area (Å²) >= 11 is 0. The van der Waals surface area contributed by atoms with E-state index in [1.54, 1.807) is 18.7 Å². The Hall–Kier alpha value is -2.72. The maximum absolute atomic E-state index is 13.5. The summed E-state index contributed by atoms with van der Waals surface area (Å²) in [6, 6.07) is 12.4. The first kappa shape index (κ1) is 34.5. The monoisotopic (exact) mass is 590 g/mol. The lowest BCUT2D eigenvalue weighted by Gasteiger charge is -2.32. The Morgan fingerprint density at radius 3 is 2.39 bits per heavy atom. The van der Waals surface area contributed by atoms with Gasteiger partial charge in [0.15, 0.2) is 0 Å². The molecule has 3 rings (SSSR count). The lowest BCUT2D eigenvalue weighted by atomic mass is 9.97. The van der Waals surface area contributed by atoms with Crippen LogP contribution in [-0.2, 0) is 25.5 Å². The molecule has 2 aromatic rings. The number of hydrogen-bond donors (Lipinski definition) is 4. The van der Waals surface area contributed by atoms with Gasteiger partial charge in [-0.1, -0.05) is 63.2 Å². The number of hydrogen-bond acceptors (Lipinski definition) is 6. The minimum Gasteiger partial charge on any atom is -0.390 e. The second-order valence-corrected chi connectivity index (χ2v) is 12.4. The molecule has 1 fully saturated rings. The molecular formula is C31H47ClN4O5. The van der Waals surface area contributed by atoms with E-state index in [9.17, 15) is 19.5 Å². The normalized spacial score (nSPS) is 17.0. The average molecular weight is 591 g/mol. The van der Waals surface area contributed by atoms with Crippen molar-refractivity contribution in [3.05, 3.63) is 48.0 Å². The van der Waals surface area contributed by atoms with Crippen LogP contribution < -0.4 is 16.0 Å². The van der Waals surface area contributed by atoms with Crippen LogP contribution in [0, 0.1) is 5.41 Å². The molecule has 1 aliphatic heterocycles. The molecule has 10 heteroatoms. The third-order valence-electron chi connectivity index (χ3n) is 7.28. The molecule has 41 heavy (non-hydrogen) atoms. The third-order valence-corrected chi connectivity index (χ3v) is 7.28. The van der Waals surface area contributed by atoms with Crippen LogP contribution in [0.25, 0.3) is 10.8 Å². The van der Waals surface area contributed by atoms with Gasteiger partial charge in [-0.05, 0) is 48.4 Å². The first-order valence-electron chi connectivity index (χ1n) is 14.1. The number of aliphatic hydroxyl groups is 1. The van der Waals surface area contributed by atoms with Gasteiger partial charge < -0.3 is 30.7 Å². The summed E-state index contributed by atoms with van der Waals surface area (Å²) in [6.45, 7) is 11.2. The van der Waals surface area contributed by atoms with E-state index in [-0.39, 0.29) is 48.5 Å². The van der Waals surface area contributed by atoms with Crippen molar-refractivity contribution in [2.24, 2.45) is 5.41 Å². The van der Waals surface area contributed by atoms with Crippen LogP contribution in [0.15, 0.2) is 42.5 Å². The quantitative estimate of drug-likeness (QED) is 0.302. The summed E-state index contributed by atoms with van der Waals surface area (Å²) in [6.07, 6.45) is 0.701. The van der Waals surface area contributed by atoms with Gasteiger partial charge in [-0.25, -0.2) is 0 Å². The van der Waals surface area contributed by atoms with Gasteiger partial charge in [0.2, 0.25) is 11.8 Å². The number of carbonyl (C=O) groups is 3. The summed E-state index contributed by atoms with van der Waals surface area (Å²) in [4.78, 5) is 41.5. The number of rotatable bonds is 12. The second kappa shape index (κ2) is 15.0. The summed E-state index contributed by atoms with van der Waals surface area (Å²) in [5.74, 6) is -1.01. The van der Waals surface area contributed by atoms with Crippen LogP contribution in [0.3, 0.4) is 0 Å². The van der Waals surface area contributed by atoms with Gasteiger partial charge in [-0.2, -0.15) is 0 Å². The van der Waals surface area contributed by atoms with Crippen LogP contribution >= 0.6 is 12.4 Å². The largest absolute Gasteiger partial charge is 0.390 e. The Labute approximate surface area is 250 Å². The zero-order chi connectivity index (χ0) is 29.5. The lowest BCUT2D eigenvalue weighted by molar-refractivity contribution is -0.154. The van der Waals surface area contributed by atoms with Crippen LogP contribution in [0.5, 0.6) is 0 Å². The molecule has 3 atom stereocenters. The van der Waals surface area contributed by atoms with Gasteiger partial charge in [0.05, 0.1) is 6.10 Å². The van der Waals surface area contributed by atoms with E-state index in [1.165, 1.54) is 7.11 Å². The summed E-state index contributed by atoms with van der Waals surface area (Å²) < 4.78 is 5.36. The first-order valence-corrected chi connectivity index (χ1v) is 14.1. The van der Waals surface area contributed by atoms with Gasteiger partial charge in [0.25, 0.3) is 5.91 Å². The maximum Gasteiger partial charge on any atom is 0.254 e. The number of aliphatic hydroxyl groups excluding tert-OH is 1. The predicted molar refractivity (Wildman–Crippen MR) is 164 cm³/mol. The van der Waals surface area contributed by atoms with E-state index in [4.69, 9.17) is 4.74 Å². The molecule has 1 heterocycles. The van der Waals surface area contributed by atoms with E-state index >= 15 is 0 Å². The zero-order valence-corrected chi connectivity index (χ0v) is 26.0. The molecule has 2 unspecified atom stereocenters. The number of methoxy groups -OCH3 is 1. The Kier molecular flexibility index (Phi) is 12.6. The highest BCUT2D eigenvalue weighted by Gasteiger charge is 2.41. The fraction of sp³-hybridized carbons (Fsp3) is 0.581. The van der Waals surface area contributed by atoms with Crippen LogP contribution in [-0.4, -0.2) is 84.8 Å². The lowest BCUT2D eigenvalue weighted by Crippen LogP contribution is -2.57. The molecule has 0 aliphatic carbocycles. The molecule has 1 saturated heterocycles. The van der Waals surface area contributed by atoms with E-state index in [2.05, 4.69) is 36.7 Å². The Morgan fingerprint density at radius 2 is 1.73 bits per heavy atom. The van der Waals surface area contributed by atoms with Crippen molar-refractivity contribution in [3.63, 3.8) is 0 Å². The van der Waals surface area contributed by atoms with Crippen molar-refractivity contribution >= 4 is 40.9 Å². The summed E-state index contributed by atoms with van der Waals surface area (Å²) in [5.41, 5.74) is -0.0833. The molecular weight excluding hydrogens is 544 g/mol. The minimum atomic E-state index is -1.05. The van der Waals surface area contributed by atoms with Crippen molar-refractivity contribution in [1.29, 1.82) is 0 Å². The fourth-order valence-corrected chi connectivity index (χ4v) is 4.82. The number of amides is 3. The molecule has 0 radical (unpaired) electrons. The molecule has 4 N–H and O–H groups in total. The number of nitrogens with one attached hydrogen (secondary N) is 3. The highest BCUT2D eigenvalue weighted by Crippen LogP contribution is 2.24. The van der Waals surface area contributed by atoms with Gasteiger partial charge in [-0.3, -0.25) is 14.4 Å². The first-order chi connectivity index (χ1) is 18.8. The van der Waals surface area contributed by atoms with Gasteiger partial charge in [-0.15, -0.1) is 12.4 Å². The molecule has 228 valence electrons. The Morgan fingerprint density at radius 1 is 1.05 bits per heavy atom. The van der Waals surface area contributed by atoms with Crippen molar-refractivity contribution in [3.8, 4) is 0 Å². The number of ether oxygens (including phenoxy) is 1. The van der Waals surface area contributed by atoms with Crippen molar-refractivity contribution in [1.82, 2.24) is 20.9 Å². The topological polar surface area (TPSA) is 120 Å². The summed E-state index contributed by atoms with van der Waals surface area (Å²) in [7, 11) is 1.47. The fourth-order valence-electron chi connectivity index (χ4n) is 4.82. The second-order valence-electron chi connectivity index (χ2n) is 12.4. The number of likely N-dealkylation sites (tertiary alicyclic amines) is 1. The van der Waals surface area contributed by atoms with Crippen LogP contribution in [0.1, 0.15) is 53.0 Å². The van der Waals surface area contributed by atoms with E-state index < -0.39 is 23.8 Å². The molecule has 9 nitrogen and oxygen atoms in total. The molecule has 2 aromatic carbocycles. The molecule has 0 aromatic heterocycles. The molecule has 0 saturated carbocycles.